The fourth-order valence-electron chi connectivity index (χ4n) is 2.95. The first-order valence-electron chi connectivity index (χ1n) is 9.09. The van der Waals surface area contributed by atoms with Crippen LogP contribution >= 0.6 is 23.4 Å². The molecule has 0 fully saturated rings. The van der Waals surface area contributed by atoms with Crippen LogP contribution in [0.15, 0.2) is 64.5 Å². The van der Waals surface area contributed by atoms with E-state index in [1.54, 1.807) is 34.7 Å². The number of benzene rings is 2. The number of aromatic nitrogens is 2. The van der Waals surface area contributed by atoms with E-state index >= 15 is 0 Å². The van der Waals surface area contributed by atoms with E-state index in [-0.39, 0.29) is 33.6 Å². The van der Waals surface area contributed by atoms with Crippen molar-refractivity contribution in [3.05, 3.63) is 65.4 Å². The van der Waals surface area contributed by atoms with Gasteiger partial charge in [0.2, 0.25) is 0 Å². The van der Waals surface area contributed by atoms with Crippen LogP contribution < -0.4 is 0 Å². The van der Waals surface area contributed by atoms with Crippen LogP contribution in [0.2, 0.25) is 5.02 Å². The Hall–Kier alpha value is -2.09. The lowest BCUT2D eigenvalue weighted by Gasteiger charge is -2.07. The molecule has 0 spiro atoms. The lowest BCUT2D eigenvalue weighted by molar-refractivity contribution is 0.0984. The summed E-state index contributed by atoms with van der Waals surface area (Å²) in [6, 6.07) is 14.1. The second kappa shape index (κ2) is 9.15. The Morgan fingerprint density at radius 3 is 2.55 bits per heavy atom. The summed E-state index contributed by atoms with van der Waals surface area (Å²) in [4.78, 5) is 18.3. The molecule has 0 bridgehead atoms. The Kier molecular flexibility index (Phi) is 6.82. The summed E-state index contributed by atoms with van der Waals surface area (Å²) < 4.78 is 26.9. The zero-order valence-electron chi connectivity index (χ0n) is 16.1. The second-order valence-electron chi connectivity index (χ2n) is 6.41. The molecule has 152 valence electrons. The summed E-state index contributed by atoms with van der Waals surface area (Å²) in [5, 5.41) is 0.158. The first-order chi connectivity index (χ1) is 13.8. The number of rotatable bonds is 8. The van der Waals surface area contributed by atoms with Crippen LogP contribution in [0.1, 0.15) is 23.8 Å². The lowest BCUT2D eigenvalue weighted by Crippen LogP contribution is -2.12. The average Bonchev–Trinajstić information content (AvgIpc) is 3.09. The Bertz CT molecular complexity index is 1140. The molecule has 0 N–H and O–H groups in total. The van der Waals surface area contributed by atoms with E-state index in [1.165, 1.54) is 12.1 Å². The van der Waals surface area contributed by atoms with Gasteiger partial charge in [0.1, 0.15) is 11.5 Å². The van der Waals surface area contributed by atoms with E-state index < -0.39 is 9.84 Å². The van der Waals surface area contributed by atoms with Gasteiger partial charge in [0, 0.05) is 30.1 Å². The van der Waals surface area contributed by atoms with Crippen molar-refractivity contribution in [2.75, 3.05) is 11.5 Å². The summed E-state index contributed by atoms with van der Waals surface area (Å²) in [6.45, 7) is 2.08. The lowest BCUT2D eigenvalue weighted by atomic mass is 10.2. The van der Waals surface area contributed by atoms with Gasteiger partial charge in [-0.05, 0) is 24.0 Å². The Morgan fingerprint density at radius 1 is 1.14 bits per heavy atom. The molecule has 0 radical (unpaired) electrons. The van der Waals surface area contributed by atoms with Crippen molar-refractivity contribution in [1.29, 1.82) is 0 Å². The number of nitrogens with zero attached hydrogens (tertiary/aromatic N) is 2. The third-order valence-corrected chi connectivity index (χ3v) is 7.52. The highest BCUT2D eigenvalue weighted by Crippen LogP contribution is 2.30. The minimum Gasteiger partial charge on any atom is -0.333 e. The molecule has 1 aromatic heterocycles. The molecule has 0 aliphatic carbocycles. The molecular weight excluding hydrogens is 428 g/mol. The van der Waals surface area contributed by atoms with E-state index in [4.69, 9.17) is 11.6 Å². The van der Waals surface area contributed by atoms with E-state index in [2.05, 4.69) is 11.9 Å². The highest BCUT2D eigenvalue weighted by molar-refractivity contribution is 7.99. The van der Waals surface area contributed by atoms with Crippen molar-refractivity contribution in [2.45, 2.75) is 23.1 Å². The summed E-state index contributed by atoms with van der Waals surface area (Å²) >= 11 is 7.70. The maximum Gasteiger partial charge on any atom is 0.183 e. The van der Waals surface area contributed by atoms with E-state index in [0.717, 1.165) is 16.2 Å². The van der Waals surface area contributed by atoms with Gasteiger partial charge >= 0.3 is 0 Å². The van der Waals surface area contributed by atoms with Gasteiger partial charge in [0.25, 0.3) is 0 Å². The minimum absolute atomic E-state index is 0.0432. The molecule has 0 aliphatic rings. The molecule has 8 heteroatoms. The highest BCUT2D eigenvalue weighted by Gasteiger charge is 2.22. The number of thioether (sulfide) groups is 1. The van der Waals surface area contributed by atoms with Crippen molar-refractivity contribution in [3.8, 4) is 11.4 Å². The first kappa shape index (κ1) is 21.6. The predicted octanol–water partition coefficient (Wildman–Crippen LogP) is 4.90. The fraction of sp³-hybridized carbons (Fsp3) is 0.238. The van der Waals surface area contributed by atoms with Crippen LogP contribution in [0.5, 0.6) is 0 Å². The maximum absolute atomic E-state index is 12.6. The van der Waals surface area contributed by atoms with Crippen LogP contribution in [0, 0.1) is 0 Å². The number of aryl methyl sites for hydroxylation is 1. The molecule has 0 amide bonds. The number of ketones is 1. The number of hydrogen-bond acceptors (Lipinski definition) is 5. The Morgan fingerprint density at radius 2 is 1.83 bits per heavy atom. The van der Waals surface area contributed by atoms with Crippen molar-refractivity contribution >= 4 is 39.0 Å². The normalized spacial score (nSPS) is 11.6. The van der Waals surface area contributed by atoms with Gasteiger partial charge in [0.15, 0.2) is 15.6 Å². The summed E-state index contributed by atoms with van der Waals surface area (Å²) in [5.74, 6) is 0.971. The minimum atomic E-state index is -3.65. The number of halogens is 1. The maximum atomic E-state index is 12.6. The average molecular weight is 449 g/mol. The topological polar surface area (TPSA) is 69.0 Å². The number of hydrogen-bond donors (Lipinski definition) is 0. The zero-order chi connectivity index (χ0) is 21.0. The quantitative estimate of drug-likeness (QED) is 0.362. The smallest absolute Gasteiger partial charge is 0.183 e. The van der Waals surface area contributed by atoms with Crippen molar-refractivity contribution in [1.82, 2.24) is 9.55 Å². The molecule has 0 aliphatic heterocycles. The molecule has 2 aromatic carbocycles. The van der Waals surface area contributed by atoms with Gasteiger partial charge in [-0.3, -0.25) is 4.79 Å². The van der Waals surface area contributed by atoms with Crippen molar-refractivity contribution in [2.24, 2.45) is 7.05 Å². The fourth-order valence-corrected chi connectivity index (χ4v) is 5.56. The van der Waals surface area contributed by atoms with Crippen molar-refractivity contribution in [3.63, 3.8) is 0 Å². The molecule has 29 heavy (non-hydrogen) atoms. The number of imidazole rings is 1. The summed E-state index contributed by atoms with van der Waals surface area (Å²) in [6.07, 6.45) is 1.49. The van der Waals surface area contributed by atoms with Gasteiger partial charge in [-0.25, -0.2) is 13.4 Å². The van der Waals surface area contributed by atoms with Crippen LogP contribution in [-0.4, -0.2) is 35.3 Å². The molecule has 0 saturated heterocycles. The molecule has 5 nitrogen and oxygen atoms in total. The number of Topliss-reactive ketones (excluding diaryl/α,β-unsaturated/α-hetero) is 1. The molecule has 3 rings (SSSR count). The van der Waals surface area contributed by atoms with Crippen LogP contribution in [0.4, 0.5) is 0 Å². The van der Waals surface area contributed by atoms with Gasteiger partial charge < -0.3 is 4.57 Å². The van der Waals surface area contributed by atoms with Gasteiger partial charge in [-0.15, -0.1) is 11.8 Å². The van der Waals surface area contributed by atoms with Gasteiger partial charge in [-0.1, -0.05) is 48.9 Å². The SMILES string of the molecule is CCSc1ccccc1-c1nc(C(=O)CCS(=O)(=O)c2ccccc2Cl)cn1C. The highest BCUT2D eigenvalue weighted by atomic mass is 35.5. The standard InChI is InChI=1S/C21H21ClN2O3S2/c1-3-28-19-10-6-4-8-15(19)21-23-17(14-24(21)2)18(25)12-13-29(26,27)20-11-7-5-9-16(20)22/h4-11,14H,3,12-13H2,1-2H3. The third kappa shape index (κ3) is 4.91. The Balaban J connectivity index is 1.80. The van der Waals surface area contributed by atoms with Gasteiger partial charge in [-0.2, -0.15) is 0 Å². The van der Waals surface area contributed by atoms with Crippen LogP contribution in [0.3, 0.4) is 0 Å². The zero-order valence-corrected chi connectivity index (χ0v) is 18.5. The van der Waals surface area contributed by atoms with Crippen LogP contribution in [-0.2, 0) is 16.9 Å². The summed E-state index contributed by atoms with van der Waals surface area (Å²) in [7, 11) is -1.83. The molecule has 0 atom stereocenters. The number of carbonyl (C=O) groups excluding carboxylic acids is 1. The van der Waals surface area contributed by atoms with Crippen molar-refractivity contribution < 1.29 is 13.2 Å². The molecule has 0 saturated carbocycles. The third-order valence-electron chi connectivity index (χ3n) is 4.36. The molecular formula is C21H21ClN2O3S2. The van der Waals surface area contributed by atoms with E-state index in [9.17, 15) is 13.2 Å². The Labute approximate surface area is 180 Å². The van der Waals surface area contributed by atoms with Crippen LogP contribution in [0.25, 0.3) is 11.4 Å². The largest absolute Gasteiger partial charge is 0.333 e. The van der Waals surface area contributed by atoms with E-state index in [0.29, 0.717) is 5.82 Å². The predicted molar refractivity (Wildman–Crippen MR) is 117 cm³/mol. The second-order valence-corrected chi connectivity index (χ2v) is 10.2. The molecule has 1 heterocycles. The van der Waals surface area contributed by atoms with Gasteiger partial charge in [0.05, 0.1) is 15.7 Å². The summed E-state index contributed by atoms with van der Waals surface area (Å²) in [5.41, 5.74) is 1.21. The molecule has 3 aromatic rings. The molecule has 0 unspecified atom stereocenters. The first-order valence-corrected chi connectivity index (χ1v) is 12.1. The van der Waals surface area contributed by atoms with E-state index in [1.807, 2.05) is 31.3 Å². The number of carbonyl (C=O) groups is 1. The monoisotopic (exact) mass is 448 g/mol. The number of sulfone groups is 1.